The van der Waals surface area contributed by atoms with Gasteiger partial charge in [0.2, 0.25) is 5.91 Å². The van der Waals surface area contributed by atoms with Gasteiger partial charge in [0.15, 0.2) is 0 Å². The number of hydrogen-bond acceptors (Lipinski definition) is 4. The molecule has 0 radical (unpaired) electrons. The number of benzene rings is 1. The molecule has 2 heterocycles. The molecule has 24 heavy (non-hydrogen) atoms. The van der Waals surface area contributed by atoms with E-state index in [2.05, 4.69) is 22.2 Å². The molecule has 6 heteroatoms. The summed E-state index contributed by atoms with van der Waals surface area (Å²) in [6.07, 6.45) is 5.10. The van der Waals surface area contributed by atoms with Crippen molar-refractivity contribution in [3.8, 4) is 5.75 Å². The number of rotatable bonds is 5. The van der Waals surface area contributed by atoms with Gasteiger partial charge in [0.1, 0.15) is 18.4 Å². The predicted molar refractivity (Wildman–Crippen MR) is 90.7 cm³/mol. The quantitative estimate of drug-likeness (QED) is 0.845. The van der Waals surface area contributed by atoms with E-state index >= 15 is 0 Å². The molecule has 1 amide bonds. The van der Waals surface area contributed by atoms with E-state index in [-0.39, 0.29) is 11.8 Å². The normalized spacial score (nSPS) is 16.8. The summed E-state index contributed by atoms with van der Waals surface area (Å²) in [5.74, 6) is 1.51. The third-order valence-corrected chi connectivity index (χ3v) is 4.73. The van der Waals surface area contributed by atoms with Gasteiger partial charge in [0, 0.05) is 13.1 Å². The van der Waals surface area contributed by atoms with Crippen LogP contribution in [0.25, 0.3) is 0 Å². The van der Waals surface area contributed by atoms with Crippen molar-refractivity contribution in [1.29, 1.82) is 0 Å². The molecule has 3 rings (SSSR count). The molecule has 1 aromatic carbocycles. The molecule has 0 spiro atoms. The van der Waals surface area contributed by atoms with Crippen molar-refractivity contribution < 1.29 is 9.53 Å². The minimum atomic E-state index is -0.0884. The molecule has 1 aliphatic rings. The molecule has 1 atom stereocenters. The maximum Gasteiger partial charge on any atom is 0.227 e. The van der Waals surface area contributed by atoms with E-state index < -0.39 is 0 Å². The average molecular weight is 328 g/mol. The molecule has 0 N–H and O–H groups in total. The van der Waals surface area contributed by atoms with E-state index in [1.165, 1.54) is 11.9 Å². The highest BCUT2D eigenvalue weighted by atomic mass is 16.5. The summed E-state index contributed by atoms with van der Waals surface area (Å²) in [6, 6.07) is 8.18. The molecule has 0 unspecified atom stereocenters. The molecule has 128 valence electrons. The number of carbonyl (C=O) groups is 1. The predicted octanol–water partition coefficient (Wildman–Crippen LogP) is 2.33. The van der Waals surface area contributed by atoms with Crippen LogP contribution in [-0.4, -0.2) is 45.8 Å². The lowest BCUT2D eigenvalue weighted by molar-refractivity contribution is -0.136. The summed E-state index contributed by atoms with van der Waals surface area (Å²) >= 11 is 0. The zero-order chi connectivity index (χ0) is 16.9. The fraction of sp³-hybridized carbons (Fsp3) is 0.500. The van der Waals surface area contributed by atoms with Crippen LogP contribution in [0.15, 0.2) is 36.9 Å². The highest BCUT2D eigenvalue weighted by Gasteiger charge is 2.28. The number of nitrogens with zero attached hydrogens (tertiary/aromatic N) is 4. The molecule has 1 saturated heterocycles. The van der Waals surface area contributed by atoms with Gasteiger partial charge in [-0.3, -0.25) is 9.48 Å². The molecule has 6 nitrogen and oxygen atoms in total. The fourth-order valence-electron chi connectivity index (χ4n) is 3.41. The Bertz CT molecular complexity index is 663. The Morgan fingerprint density at radius 1 is 1.33 bits per heavy atom. The number of hydrogen-bond donors (Lipinski definition) is 0. The molecule has 2 aromatic rings. The van der Waals surface area contributed by atoms with Crippen LogP contribution in [-0.2, 0) is 11.3 Å². The molecule has 1 aromatic heterocycles. The Kier molecular flexibility index (Phi) is 5.13. The Balaban J connectivity index is 1.57. The summed E-state index contributed by atoms with van der Waals surface area (Å²) in [6.45, 7) is 4.12. The molecule has 0 bridgehead atoms. The molecule has 1 fully saturated rings. The molecule has 0 aliphatic carbocycles. The van der Waals surface area contributed by atoms with Gasteiger partial charge in [-0.2, -0.15) is 5.10 Å². The van der Waals surface area contributed by atoms with E-state index in [1.54, 1.807) is 18.1 Å². The first-order chi connectivity index (χ1) is 11.7. The third-order valence-electron chi connectivity index (χ3n) is 4.73. The minimum Gasteiger partial charge on any atom is -0.496 e. The molecular weight excluding hydrogens is 304 g/mol. The van der Waals surface area contributed by atoms with Gasteiger partial charge in [-0.25, -0.2) is 4.98 Å². The van der Waals surface area contributed by atoms with E-state index in [1.807, 2.05) is 24.0 Å². The summed E-state index contributed by atoms with van der Waals surface area (Å²) in [5.41, 5.74) is 1.25. The van der Waals surface area contributed by atoms with Gasteiger partial charge in [-0.15, -0.1) is 0 Å². The second kappa shape index (κ2) is 7.47. The number of likely N-dealkylation sites (tertiary alicyclic amines) is 1. The first kappa shape index (κ1) is 16.5. The van der Waals surface area contributed by atoms with Gasteiger partial charge in [0.05, 0.1) is 19.6 Å². The van der Waals surface area contributed by atoms with Crippen molar-refractivity contribution in [3.63, 3.8) is 0 Å². The topological polar surface area (TPSA) is 60.2 Å². The number of piperidine rings is 1. The van der Waals surface area contributed by atoms with E-state index in [4.69, 9.17) is 4.74 Å². The number of amides is 1. The smallest absolute Gasteiger partial charge is 0.227 e. The van der Waals surface area contributed by atoms with Crippen LogP contribution in [0, 0.1) is 5.92 Å². The van der Waals surface area contributed by atoms with Crippen LogP contribution in [0.1, 0.15) is 31.2 Å². The zero-order valence-corrected chi connectivity index (χ0v) is 14.3. The van der Waals surface area contributed by atoms with Crippen molar-refractivity contribution in [2.75, 3.05) is 20.2 Å². The van der Waals surface area contributed by atoms with Crippen LogP contribution < -0.4 is 4.74 Å². The van der Waals surface area contributed by atoms with Crippen LogP contribution in [0.2, 0.25) is 0 Å². The van der Waals surface area contributed by atoms with Crippen molar-refractivity contribution in [3.05, 3.63) is 42.5 Å². The van der Waals surface area contributed by atoms with Crippen LogP contribution >= 0.6 is 0 Å². The first-order valence-electron chi connectivity index (χ1n) is 8.43. The van der Waals surface area contributed by atoms with Gasteiger partial charge in [-0.05, 0) is 30.4 Å². The molecule has 0 saturated carbocycles. The number of carbonyl (C=O) groups excluding carboxylic acids is 1. The standard InChI is InChI=1S/C18H24N4O2/c1-14(11-22-13-19-12-20-22)18(23)21-9-7-15(8-10-21)16-5-3-4-6-17(16)24-2/h3-6,12-15H,7-11H2,1-2H3/t14-/m0/s1. The zero-order valence-electron chi connectivity index (χ0n) is 14.3. The van der Waals surface area contributed by atoms with E-state index in [9.17, 15) is 4.79 Å². The Morgan fingerprint density at radius 3 is 2.75 bits per heavy atom. The molecule has 1 aliphatic heterocycles. The van der Waals surface area contributed by atoms with E-state index in [0.29, 0.717) is 12.5 Å². The number of methoxy groups -OCH3 is 1. The lowest BCUT2D eigenvalue weighted by atomic mass is 9.88. The van der Waals surface area contributed by atoms with Gasteiger partial charge in [0.25, 0.3) is 0 Å². The van der Waals surface area contributed by atoms with Gasteiger partial charge >= 0.3 is 0 Å². The third kappa shape index (κ3) is 3.58. The summed E-state index contributed by atoms with van der Waals surface area (Å²) in [7, 11) is 1.71. The SMILES string of the molecule is COc1ccccc1C1CCN(C(=O)[C@@H](C)Cn2cncn2)CC1. The van der Waals surface area contributed by atoms with Crippen LogP contribution in [0.3, 0.4) is 0 Å². The van der Waals surface area contributed by atoms with Gasteiger partial charge in [-0.1, -0.05) is 25.1 Å². The number of ether oxygens (including phenoxy) is 1. The first-order valence-corrected chi connectivity index (χ1v) is 8.43. The highest BCUT2D eigenvalue weighted by Crippen LogP contribution is 2.34. The summed E-state index contributed by atoms with van der Waals surface area (Å²) in [5, 5.41) is 4.08. The van der Waals surface area contributed by atoms with Crippen LogP contribution in [0.4, 0.5) is 0 Å². The van der Waals surface area contributed by atoms with Crippen molar-refractivity contribution in [1.82, 2.24) is 19.7 Å². The number of para-hydroxylation sites is 1. The Hall–Kier alpha value is -2.37. The van der Waals surface area contributed by atoms with Gasteiger partial charge < -0.3 is 9.64 Å². The Morgan fingerprint density at radius 2 is 2.08 bits per heavy atom. The Labute approximate surface area is 142 Å². The summed E-state index contributed by atoms with van der Waals surface area (Å²) < 4.78 is 7.19. The second-order valence-electron chi connectivity index (χ2n) is 6.36. The van der Waals surface area contributed by atoms with Crippen LogP contribution in [0.5, 0.6) is 5.75 Å². The maximum atomic E-state index is 12.6. The monoisotopic (exact) mass is 328 g/mol. The highest BCUT2D eigenvalue weighted by molar-refractivity contribution is 5.78. The lowest BCUT2D eigenvalue weighted by Crippen LogP contribution is -2.41. The van der Waals surface area contributed by atoms with E-state index in [0.717, 1.165) is 31.7 Å². The lowest BCUT2D eigenvalue weighted by Gasteiger charge is -2.34. The fourth-order valence-corrected chi connectivity index (χ4v) is 3.41. The summed E-state index contributed by atoms with van der Waals surface area (Å²) in [4.78, 5) is 18.5. The maximum absolute atomic E-state index is 12.6. The number of aromatic nitrogens is 3. The minimum absolute atomic E-state index is 0.0884. The van der Waals surface area contributed by atoms with Crippen molar-refractivity contribution in [2.24, 2.45) is 5.92 Å². The average Bonchev–Trinajstić information content (AvgIpc) is 3.14. The largest absolute Gasteiger partial charge is 0.496 e. The second-order valence-corrected chi connectivity index (χ2v) is 6.36. The van der Waals surface area contributed by atoms with Crippen molar-refractivity contribution in [2.45, 2.75) is 32.2 Å². The molecular formula is C18H24N4O2. The van der Waals surface area contributed by atoms with Crippen molar-refractivity contribution >= 4 is 5.91 Å².